The van der Waals surface area contributed by atoms with Crippen molar-refractivity contribution in [3.63, 3.8) is 0 Å². The molecule has 0 fully saturated rings. The van der Waals surface area contributed by atoms with Gasteiger partial charge in [-0.25, -0.2) is 0 Å². The molecule has 2 heterocycles. The number of hydrogen-bond donors (Lipinski definition) is 1. The minimum atomic E-state index is -0.858. The van der Waals surface area contributed by atoms with Crippen LogP contribution in [0.1, 0.15) is 5.56 Å². The van der Waals surface area contributed by atoms with Crippen molar-refractivity contribution in [1.82, 2.24) is 14.6 Å². The summed E-state index contributed by atoms with van der Waals surface area (Å²) in [6.45, 7) is 1.97. The van der Waals surface area contributed by atoms with Gasteiger partial charge in [0.1, 0.15) is 0 Å². The Labute approximate surface area is 90.1 Å². The van der Waals surface area contributed by atoms with Crippen molar-refractivity contribution in [2.75, 3.05) is 5.75 Å². The monoisotopic (exact) mass is 223 g/mol. The number of thioether (sulfide) groups is 1. The molecular formula is C9H9N3O2S. The average molecular weight is 223 g/mol. The second kappa shape index (κ2) is 3.90. The predicted octanol–water partition coefficient (Wildman–Crippen LogP) is 1.21. The fraction of sp³-hybridized carbons (Fsp3) is 0.222. The molecule has 2 aromatic heterocycles. The normalized spacial score (nSPS) is 10.7. The molecule has 0 aliphatic carbocycles. The van der Waals surface area contributed by atoms with E-state index >= 15 is 0 Å². The van der Waals surface area contributed by atoms with Gasteiger partial charge in [-0.2, -0.15) is 0 Å². The summed E-state index contributed by atoms with van der Waals surface area (Å²) in [6.07, 6.45) is 1.84. The van der Waals surface area contributed by atoms with Gasteiger partial charge in [-0.05, 0) is 24.6 Å². The maximum absolute atomic E-state index is 10.4. The largest absolute Gasteiger partial charge is 0.481 e. The van der Waals surface area contributed by atoms with Crippen molar-refractivity contribution >= 4 is 23.4 Å². The summed E-state index contributed by atoms with van der Waals surface area (Å²) < 4.78 is 1.78. The summed E-state index contributed by atoms with van der Waals surface area (Å²) in [5.74, 6) is -0.863. The van der Waals surface area contributed by atoms with Crippen LogP contribution in [0.15, 0.2) is 23.5 Å². The molecule has 0 atom stereocenters. The van der Waals surface area contributed by atoms with Gasteiger partial charge in [0.2, 0.25) is 0 Å². The van der Waals surface area contributed by atoms with Crippen LogP contribution in [0, 0.1) is 6.92 Å². The van der Waals surface area contributed by atoms with E-state index < -0.39 is 5.97 Å². The first kappa shape index (κ1) is 9.97. The molecule has 0 unspecified atom stereocenters. The Morgan fingerprint density at radius 2 is 2.40 bits per heavy atom. The van der Waals surface area contributed by atoms with E-state index in [-0.39, 0.29) is 5.75 Å². The molecule has 15 heavy (non-hydrogen) atoms. The first-order valence-electron chi connectivity index (χ1n) is 4.33. The zero-order valence-corrected chi connectivity index (χ0v) is 8.86. The van der Waals surface area contributed by atoms with E-state index in [1.165, 1.54) is 0 Å². The first-order chi connectivity index (χ1) is 7.16. The van der Waals surface area contributed by atoms with Crippen LogP contribution in [0.2, 0.25) is 0 Å². The minimum Gasteiger partial charge on any atom is -0.481 e. The van der Waals surface area contributed by atoms with Gasteiger partial charge in [-0.1, -0.05) is 11.8 Å². The Morgan fingerprint density at radius 3 is 3.13 bits per heavy atom. The summed E-state index contributed by atoms with van der Waals surface area (Å²) in [5, 5.41) is 17.0. The van der Waals surface area contributed by atoms with Crippen LogP contribution in [0.5, 0.6) is 0 Å². The number of aryl methyl sites for hydroxylation is 1. The molecule has 0 aromatic carbocycles. The van der Waals surface area contributed by atoms with Crippen molar-refractivity contribution in [3.05, 3.63) is 23.9 Å². The van der Waals surface area contributed by atoms with Crippen LogP contribution in [0.25, 0.3) is 5.65 Å². The van der Waals surface area contributed by atoms with Crippen molar-refractivity contribution in [2.24, 2.45) is 0 Å². The van der Waals surface area contributed by atoms with Crippen LogP contribution in [0.3, 0.4) is 0 Å². The highest BCUT2D eigenvalue weighted by Gasteiger charge is 2.07. The van der Waals surface area contributed by atoms with E-state index in [1.54, 1.807) is 4.40 Å². The summed E-state index contributed by atoms with van der Waals surface area (Å²) in [4.78, 5) is 10.4. The SMILES string of the molecule is Cc1ccn2c(SCC(=O)O)nnc2c1. The quantitative estimate of drug-likeness (QED) is 0.792. The van der Waals surface area contributed by atoms with Crippen molar-refractivity contribution in [1.29, 1.82) is 0 Å². The van der Waals surface area contributed by atoms with Gasteiger partial charge in [0.15, 0.2) is 10.8 Å². The highest BCUT2D eigenvalue weighted by atomic mass is 32.2. The maximum Gasteiger partial charge on any atom is 0.313 e. The Bertz CT molecular complexity index is 509. The molecule has 2 rings (SSSR count). The fourth-order valence-corrected chi connectivity index (χ4v) is 1.84. The van der Waals surface area contributed by atoms with E-state index in [0.717, 1.165) is 23.0 Å². The number of pyridine rings is 1. The van der Waals surface area contributed by atoms with Crippen LogP contribution in [-0.2, 0) is 4.79 Å². The number of carboxylic acid groups (broad SMARTS) is 1. The maximum atomic E-state index is 10.4. The third-order valence-corrected chi connectivity index (χ3v) is 2.79. The highest BCUT2D eigenvalue weighted by molar-refractivity contribution is 7.99. The molecule has 0 amide bonds. The lowest BCUT2D eigenvalue weighted by atomic mass is 10.3. The second-order valence-corrected chi connectivity index (χ2v) is 4.04. The lowest BCUT2D eigenvalue weighted by Gasteiger charge is -1.97. The molecule has 0 aliphatic rings. The van der Waals surface area contributed by atoms with E-state index in [4.69, 9.17) is 5.11 Å². The Kier molecular flexibility index (Phi) is 2.59. The number of aromatic nitrogens is 3. The van der Waals surface area contributed by atoms with Gasteiger partial charge in [0.25, 0.3) is 0 Å². The summed E-state index contributed by atoms with van der Waals surface area (Å²) in [5.41, 5.74) is 1.84. The first-order valence-corrected chi connectivity index (χ1v) is 5.31. The van der Waals surface area contributed by atoms with Crippen molar-refractivity contribution in [2.45, 2.75) is 12.1 Å². The smallest absolute Gasteiger partial charge is 0.313 e. The van der Waals surface area contributed by atoms with Crippen LogP contribution in [-0.4, -0.2) is 31.4 Å². The number of aliphatic carboxylic acids is 1. The third-order valence-electron chi connectivity index (χ3n) is 1.86. The minimum absolute atomic E-state index is 0.00529. The van der Waals surface area contributed by atoms with Crippen molar-refractivity contribution < 1.29 is 9.90 Å². The lowest BCUT2D eigenvalue weighted by Crippen LogP contribution is -1.99. The molecule has 0 aliphatic heterocycles. The molecule has 0 radical (unpaired) electrons. The number of fused-ring (bicyclic) bond motifs is 1. The predicted molar refractivity (Wildman–Crippen MR) is 56.1 cm³/mol. The number of carboxylic acids is 1. The zero-order chi connectivity index (χ0) is 10.8. The van der Waals surface area contributed by atoms with Gasteiger partial charge in [-0.15, -0.1) is 10.2 Å². The number of carbonyl (C=O) groups is 1. The standard InChI is InChI=1S/C9H9N3O2S/c1-6-2-3-12-7(4-6)10-11-9(12)15-5-8(13)14/h2-4H,5H2,1H3,(H,13,14). The lowest BCUT2D eigenvalue weighted by molar-refractivity contribution is -0.133. The summed E-state index contributed by atoms with van der Waals surface area (Å²) >= 11 is 1.16. The number of rotatable bonds is 3. The molecule has 0 spiro atoms. The van der Waals surface area contributed by atoms with Crippen LogP contribution < -0.4 is 0 Å². The topological polar surface area (TPSA) is 67.5 Å². The third kappa shape index (κ3) is 2.10. The molecule has 5 nitrogen and oxygen atoms in total. The fourth-order valence-electron chi connectivity index (χ4n) is 1.20. The van der Waals surface area contributed by atoms with E-state index in [1.807, 2.05) is 25.3 Å². The molecule has 0 bridgehead atoms. The van der Waals surface area contributed by atoms with Gasteiger partial charge in [0.05, 0.1) is 5.75 Å². The summed E-state index contributed by atoms with van der Waals surface area (Å²) in [7, 11) is 0. The van der Waals surface area contributed by atoms with Gasteiger partial charge in [-0.3, -0.25) is 9.20 Å². The van der Waals surface area contributed by atoms with Crippen LogP contribution >= 0.6 is 11.8 Å². The summed E-state index contributed by atoms with van der Waals surface area (Å²) in [6, 6.07) is 3.83. The van der Waals surface area contributed by atoms with Gasteiger partial charge < -0.3 is 5.11 Å². The number of nitrogens with zero attached hydrogens (tertiary/aromatic N) is 3. The Hall–Kier alpha value is -1.56. The van der Waals surface area contributed by atoms with E-state index in [2.05, 4.69) is 10.2 Å². The van der Waals surface area contributed by atoms with E-state index in [0.29, 0.717) is 5.16 Å². The highest BCUT2D eigenvalue weighted by Crippen LogP contribution is 2.16. The number of hydrogen-bond acceptors (Lipinski definition) is 4. The van der Waals surface area contributed by atoms with E-state index in [9.17, 15) is 4.79 Å². The second-order valence-electron chi connectivity index (χ2n) is 3.10. The molecule has 0 saturated carbocycles. The van der Waals surface area contributed by atoms with Crippen molar-refractivity contribution in [3.8, 4) is 0 Å². The molecule has 1 N–H and O–H groups in total. The van der Waals surface area contributed by atoms with Crippen LogP contribution in [0.4, 0.5) is 0 Å². The molecular weight excluding hydrogens is 214 g/mol. The van der Waals surface area contributed by atoms with Gasteiger partial charge in [0, 0.05) is 6.20 Å². The molecule has 0 saturated heterocycles. The average Bonchev–Trinajstić information content (AvgIpc) is 2.57. The molecule has 78 valence electrons. The molecule has 6 heteroatoms. The Morgan fingerprint density at radius 1 is 1.60 bits per heavy atom. The van der Waals surface area contributed by atoms with Gasteiger partial charge >= 0.3 is 5.97 Å². The zero-order valence-electron chi connectivity index (χ0n) is 8.04. The Balaban J connectivity index is 2.32. The molecule has 2 aromatic rings.